The number of hydrogen-bond donors (Lipinski definition) is 1. The predicted molar refractivity (Wildman–Crippen MR) is 80.8 cm³/mol. The van der Waals surface area contributed by atoms with Gasteiger partial charge in [-0.25, -0.2) is 4.68 Å². The molecule has 1 heterocycles. The van der Waals surface area contributed by atoms with Gasteiger partial charge in [0.2, 0.25) is 0 Å². The van der Waals surface area contributed by atoms with Gasteiger partial charge in [0.25, 0.3) is 0 Å². The molecule has 1 aliphatic carbocycles. The maximum absolute atomic E-state index is 4.14. The van der Waals surface area contributed by atoms with Crippen LogP contribution in [0.25, 0.3) is 0 Å². The zero-order valence-electron chi connectivity index (χ0n) is 12.8. The summed E-state index contributed by atoms with van der Waals surface area (Å²) in [6, 6.07) is 0.305. The lowest BCUT2D eigenvalue weighted by Gasteiger charge is -2.21. The summed E-state index contributed by atoms with van der Waals surface area (Å²) in [5, 5.41) is 12.0. The van der Waals surface area contributed by atoms with E-state index in [1.54, 1.807) is 0 Å². The molecule has 0 aromatic carbocycles. The molecular formula is C14H25BrN4. The number of rotatable bonds is 5. The first kappa shape index (κ1) is 15.0. The number of halogens is 1. The van der Waals surface area contributed by atoms with Gasteiger partial charge in [-0.2, -0.15) is 0 Å². The Balaban J connectivity index is 2.34. The molecule has 19 heavy (non-hydrogen) atoms. The van der Waals surface area contributed by atoms with Crippen LogP contribution < -0.4 is 5.32 Å². The van der Waals surface area contributed by atoms with E-state index in [4.69, 9.17) is 0 Å². The molecule has 4 nitrogen and oxygen atoms in total. The van der Waals surface area contributed by atoms with Crippen LogP contribution in [0.4, 0.5) is 0 Å². The summed E-state index contributed by atoms with van der Waals surface area (Å²) >= 11 is 3.55. The molecule has 0 aliphatic heterocycles. The quantitative estimate of drug-likeness (QED) is 0.901. The van der Waals surface area contributed by atoms with Crippen molar-refractivity contribution >= 4 is 15.9 Å². The Kier molecular flexibility index (Phi) is 3.82. The molecule has 0 saturated heterocycles. The highest BCUT2D eigenvalue weighted by Gasteiger charge is 2.67. The molecule has 5 heteroatoms. The van der Waals surface area contributed by atoms with Crippen molar-refractivity contribution in [1.82, 2.24) is 20.3 Å². The Morgan fingerprint density at radius 3 is 2.26 bits per heavy atom. The number of aromatic nitrogens is 3. The SMILES string of the molecule is CCCNC(c1c(Br)nnn1C)C1C(C)(C)C1(C)C. The Hall–Kier alpha value is -0.420. The van der Waals surface area contributed by atoms with E-state index in [1.807, 2.05) is 11.7 Å². The van der Waals surface area contributed by atoms with Crippen LogP contribution in [-0.4, -0.2) is 21.5 Å². The van der Waals surface area contributed by atoms with Crippen LogP contribution in [0.1, 0.15) is 52.8 Å². The van der Waals surface area contributed by atoms with Gasteiger partial charge in [0.15, 0.2) is 4.60 Å². The summed E-state index contributed by atoms with van der Waals surface area (Å²) in [5.74, 6) is 0.597. The lowest BCUT2D eigenvalue weighted by molar-refractivity contribution is 0.388. The maximum atomic E-state index is 4.14. The van der Waals surface area contributed by atoms with Crippen LogP contribution in [-0.2, 0) is 7.05 Å². The third kappa shape index (κ3) is 2.25. The zero-order valence-corrected chi connectivity index (χ0v) is 14.4. The molecule has 1 aromatic rings. The van der Waals surface area contributed by atoms with Crippen molar-refractivity contribution in [2.45, 2.75) is 47.1 Å². The van der Waals surface area contributed by atoms with E-state index in [2.05, 4.69) is 66.2 Å². The maximum Gasteiger partial charge on any atom is 0.153 e. The van der Waals surface area contributed by atoms with Gasteiger partial charge in [-0.05, 0) is 45.6 Å². The van der Waals surface area contributed by atoms with Crippen molar-refractivity contribution in [3.05, 3.63) is 10.3 Å². The molecule has 1 aliphatic rings. The van der Waals surface area contributed by atoms with Crippen molar-refractivity contribution < 1.29 is 0 Å². The second-order valence-corrected chi connectivity index (χ2v) is 7.49. The highest BCUT2D eigenvalue weighted by Crippen LogP contribution is 2.72. The largest absolute Gasteiger partial charge is 0.308 e. The van der Waals surface area contributed by atoms with Crippen LogP contribution in [0, 0.1) is 16.7 Å². The fraction of sp³-hybridized carbons (Fsp3) is 0.857. The van der Waals surface area contributed by atoms with Gasteiger partial charge in [-0.3, -0.25) is 0 Å². The second-order valence-electron chi connectivity index (χ2n) is 6.74. The number of hydrogen-bond acceptors (Lipinski definition) is 3. The van der Waals surface area contributed by atoms with E-state index >= 15 is 0 Å². The van der Waals surface area contributed by atoms with Crippen molar-refractivity contribution in [2.24, 2.45) is 23.8 Å². The van der Waals surface area contributed by atoms with E-state index in [1.165, 1.54) is 0 Å². The first-order chi connectivity index (χ1) is 8.75. The average Bonchev–Trinajstić information content (AvgIpc) is 2.56. The molecule has 0 amide bonds. The summed E-state index contributed by atoms with van der Waals surface area (Å²) in [5.41, 5.74) is 1.83. The predicted octanol–water partition coefficient (Wildman–Crippen LogP) is 3.30. The summed E-state index contributed by atoms with van der Waals surface area (Å²) in [7, 11) is 1.97. The van der Waals surface area contributed by atoms with Gasteiger partial charge >= 0.3 is 0 Å². The molecule has 1 unspecified atom stereocenters. The van der Waals surface area contributed by atoms with Crippen molar-refractivity contribution in [3.8, 4) is 0 Å². The van der Waals surface area contributed by atoms with E-state index in [0.29, 0.717) is 22.8 Å². The molecule has 2 rings (SSSR count). The zero-order chi connectivity index (χ0) is 14.4. The smallest absolute Gasteiger partial charge is 0.153 e. The second kappa shape index (κ2) is 4.85. The Bertz CT molecular complexity index is 431. The van der Waals surface area contributed by atoms with Gasteiger partial charge in [0, 0.05) is 7.05 Å². The molecule has 1 atom stereocenters. The van der Waals surface area contributed by atoms with E-state index in [9.17, 15) is 0 Å². The van der Waals surface area contributed by atoms with E-state index in [0.717, 1.165) is 23.3 Å². The normalized spacial score (nSPS) is 22.5. The molecular weight excluding hydrogens is 304 g/mol. The van der Waals surface area contributed by atoms with Crippen LogP contribution in [0.5, 0.6) is 0 Å². The van der Waals surface area contributed by atoms with Crippen molar-refractivity contribution in [1.29, 1.82) is 0 Å². The van der Waals surface area contributed by atoms with Crippen LogP contribution in [0.3, 0.4) is 0 Å². The molecule has 0 radical (unpaired) electrons. The van der Waals surface area contributed by atoms with Crippen molar-refractivity contribution in [3.63, 3.8) is 0 Å². The highest BCUT2D eigenvalue weighted by molar-refractivity contribution is 9.10. The van der Waals surface area contributed by atoms with E-state index < -0.39 is 0 Å². The van der Waals surface area contributed by atoms with Gasteiger partial charge in [-0.1, -0.05) is 39.8 Å². The lowest BCUT2D eigenvalue weighted by Crippen LogP contribution is -2.28. The summed E-state index contributed by atoms with van der Waals surface area (Å²) in [4.78, 5) is 0. The fourth-order valence-electron chi connectivity index (χ4n) is 3.42. The highest BCUT2D eigenvalue weighted by atomic mass is 79.9. The van der Waals surface area contributed by atoms with Gasteiger partial charge in [-0.15, -0.1) is 5.10 Å². The minimum absolute atomic E-state index is 0.305. The standard InChI is InChI=1S/C14H25BrN4/c1-7-8-16-9(10-12(15)17-18-19(10)6)11-13(2,3)14(11,4)5/h9,11,16H,7-8H2,1-6H3. The van der Waals surface area contributed by atoms with Gasteiger partial charge in [0.1, 0.15) is 0 Å². The fourth-order valence-corrected chi connectivity index (χ4v) is 4.00. The molecule has 1 fully saturated rings. The monoisotopic (exact) mass is 328 g/mol. The third-order valence-corrected chi connectivity index (χ3v) is 5.77. The first-order valence-corrected chi connectivity index (χ1v) is 7.83. The van der Waals surface area contributed by atoms with Gasteiger partial charge < -0.3 is 5.32 Å². The Morgan fingerprint density at radius 2 is 1.89 bits per heavy atom. The Labute approximate surface area is 124 Å². The molecule has 1 saturated carbocycles. The minimum atomic E-state index is 0.305. The summed E-state index contributed by atoms with van der Waals surface area (Å²) in [6.45, 7) is 12.6. The minimum Gasteiger partial charge on any atom is -0.308 e. The van der Waals surface area contributed by atoms with E-state index in [-0.39, 0.29) is 0 Å². The average molecular weight is 329 g/mol. The van der Waals surface area contributed by atoms with Crippen LogP contribution in [0.2, 0.25) is 0 Å². The lowest BCUT2D eigenvalue weighted by atomic mass is 10.0. The first-order valence-electron chi connectivity index (χ1n) is 7.03. The summed E-state index contributed by atoms with van der Waals surface area (Å²) in [6.07, 6.45) is 1.13. The number of aryl methyl sites for hydroxylation is 1. The third-order valence-electron chi connectivity index (χ3n) is 5.20. The summed E-state index contributed by atoms with van der Waals surface area (Å²) < 4.78 is 2.75. The number of nitrogens with one attached hydrogen (secondary N) is 1. The van der Waals surface area contributed by atoms with Crippen LogP contribution in [0.15, 0.2) is 4.60 Å². The molecule has 108 valence electrons. The molecule has 0 spiro atoms. The molecule has 0 bridgehead atoms. The molecule has 1 N–H and O–H groups in total. The van der Waals surface area contributed by atoms with Crippen molar-refractivity contribution in [2.75, 3.05) is 6.54 Å². The number of nitrogens with zero attached hydrogens (tertiary/aromatic N) is 3. The Morgan fingerprint density at radius 1 is 1.32 bits per heavy atom. The van der Waals surface area contributed by atoms with Gasteiger partial charge in [0.05, 0.1) is 11.7 Å². The molecule has 1 aromatic heterocycles. The topological polar surface area (TPSA) is 42.7 Å². The van der Waals surface area contributed by atoms with Crippen LogP contribution >= 0.6 is 15.9 Å².